The van der Waals surface area contributed by atoms with Crippen molar-refractivity contribution in [1.82, 2.24) is 4.90 Å². The molecule has 34 heavy (non-hydrogen) atoms. The van der Waals surface area contributed by atoms with E-state index in [0.29, 0.717) is 38.2 Å². The van der Waals surface area contributed by atoms with Gasteiger partial charge in [-0.2, -0.15) is 0 Å². The SMILES string of the molecule is CC[C@@H]1CN(Cc2cc(CC(C)(C)C(=O)OC)ccc2C)Cc2ccc3c(c2O1)OC(F)(F)O3. The zero-order valence-electron chi connectivity index (χ0n) is 20.2. The summed E-state index contributed by atoms with van der Waals surface area (Å²) in [5, 5.41) is 0. The Balaban J connectivity index is 1.59. The Hall–Kier alpha value is -2.87. The maximum absolute atomic E-state index is 13.7. The second-order valence-corrected chi connectivity index (χ2v) is 9.68. The number of rotatable bonds is 6. The minimum absolute atomic E-state index is 0.0104. The summed E-state index contributed by atoms with van der Waals surface area (Å²) < 4.78 is 47.8. The second kappa shape index (κ2) is 9.06. The van der Waals surface area contributed by atoms with Crippen LogP contribution in [0.1, 0.15) is 49.4 Å². The average Bonchev–Trinajstić information content (AvgIpc) is 2.98. The highest BCUT2D eigenvalue weighted by atomic mass is 19.3. The van der Waals surface area contributed by atoms with Crippen LogP contribution in [0, 0.1) is 12.3 Å². The third-order valence-electron chi connectivity index (χ3n) is 6.39. The van der Waals surface area contributed by atoms with Crippen LogP contribution in [0.5, 0.6) is 17.2 Å². The molecular weight excluding hydrogens is 444 g/mol. The van der Waals surface area contributed by atoms with Gasteiger partial charge in [-0.3, -0.25) is 9.69 Å². The fourth-order valence-corrected chi connectivity index (χ4v) is 4.52. The second-order valence-electron chi connectivity index (χ2n) is 9.68. The van der Waals surface area contributed by atoms with E-state index in [1.807, 2.05) is 26.8 Å². The first-order chi connectivity index (χ1) is 16.0. The van der Waals surface area contributed by atoms with E-state index >= 15 is 0 Å². The van der Waals surface area contributed by atoms with Gasteiger partial charge in [-0.15, -0.1) is 8.78 Å². The van der Waals surface area contributed by atoms with Gasteiger partial charge in [0, 0.05) is 25.2 Å². The summed E-state index contributed by atoms with van der Waals surface area (Å²) in [5.41, 5.74) is 3.48. The van der Waals surface area contributed by atoms with Crippen molar-refractivity contribution in [2.24, 2.45) is 5.41 Å². The van der Waals surface area contributed by atoms with Crippen molar-refractivity contribution in [3.05, 3.63) is 52.6 Å². The largest absolute Gasteiger partial charge is 0.586 e. The van der Waals surface area contributed by atoms with Gasteiger partial charge in [0.2, 0.25) is 5.75 Å². The molecule has 0 spiro atoms. The average molecular weight is 476 g/mol. The zero-order valence-corrected chi connectivity index (χ0v) is 20.2. The third kappa shape index (κ3) is 4.97. The van der Waals surface area contributed by atoms with E-state index in [4.69, 9.17) is 14.2 Å². The van der Waals surface area contributed by atoms with Gasteiger partial charge in [0.05, 0.1) is 12.5 Å². The van der Waals surface area contributed by atoms with E-state index in [2.05, 4.69) is 28.7 Å². The Morgan fingerprint density at radius 1 is 1.21 bits per heavy atom. The summed E-state index contributed by atoms with van der Waals surface area (Å²) in [6.07, 6.45) is -2.60. The first-order valence-electron chi connectivity index (χ1n) is 11.5. The molecular formula is C26H31F2NO5. The van der Waals surface area contributed by atoms with Gasteiger partial charge < -0.3 is 18.9 Å². The summed E-state index contributed by atoms with van der Waals surface area (Å²) in [5.74, 6) is 0.0372. The number of esters is 1. The number of ether oxygens (including phenoxy) is 4. The summed E-state index contributed by atoms with van der Waals surface area (Å²) in [6.45, 7) is 9.62. The van der Waals surface area contributed by atoms with Crippen molar-refractivity contribution in [1.29, 1.82) is 0 Å². The Morgan fingerprint density at radius 3 is 2.68 bits per heavy atom. The van der Waals surface area contributed by atoms with Crippen LogP contribution in [-0.4, -0.2) is 36.9 Å². The molecule has 2 aromatic rings. The fraction of sp³-hybridized carbons (Fsp3) is 0.500. The van der Waals surface area contributed by atoms with Crippen LogP contribution >= 0.6 is 0 Å². The third-order valence-corrected chi connectivity index (χ3v) is 6.39. The van der Waals surface area contributed by atoms with Crippen molar-refractivity contribution in [3.8, 4) is 17.2 Å². The Labute approximate surface area is 198 Å². The highest BCUT2D eigenvalue weighted by Crippen LogP contribution is 2.50. The van der Waals surface area contributed by atoms with Crippen LogP contribution < -0.4 is 14.2 Å². The normalized spacial score (nSPS) is 19.2. The van der Waals surface area contributed by atoms with Crippen molar-refractivity contribution >= 4 is 5.97 Å². The smallest absolute Gasteiger partial charge is 0.485 e. The van der Waals surface area contributed by atoms with Crippen LogP contribution in [0.25, 0.3) is 0 Å². The molecule has 4 rings (SSSR count). The van der Waals surface area contributed by atoms with Crippen LogP contribution in [0.2, 0.25) is 0 Å². The standard InChI is InChI=1S/C26H31F2NO5/c1-6-20-15-29(13-18-9-10-21-23(22(18)32-20)34-26(27,28)33-21)14-19-11-17(8-7-16(19)2)12-25(3,4)24(30)31-5/h7-11,20H,6,12-15H2,1-5H3/t20-/m1/s1. The highest BCUT2D eigenvalue weighted by molar-refractivity contribution is 5.76. The van der Waals surface area contributed by atoms with E-state index in [1.54, 1.807) is 6.07 Å². The molecule has 184 valence electrons. The molecule has 2 heterocycles. The van der Waals surface area contributed by atoms with Gasteiger partial charge >= 0.3 is 12.3 Å². The molecule has 0 aliphatic carbocycles. The number of nitrogens with zero attached hydrogens (tertiary/aromatic N) is 1. The van der Waals surface area contributed by atoms with Crippen molar-refractivity contribution in [2.45, 2.75) is 66.0 Å². The Morgan fingerprint density at radius 2 is 1.97 bits per heavy atom. The van der Waals surface area contributed by atoms with Gasteiger partial charge in [0.15, 0.2) is 11.5 Å². The van der Waals surface area contributed by atoms with Gasteiger partial charge in [-0.25, -0.2) is 0 Å². The molecule has 0 bridgehead atoms. The summed E-state index contributed by atoms with van der Waals surface area (Å²) in [7, 11) is 1.40. The quantitative estimate of drug-likeness (QED) is 0.533. The number of carbonyl (C=O) groups is 1. The molecule has 6 nitrogen and oxygen atoms in total. The van der Waals surface area contributed by atoms with Crippen molar-refractivity contribution in [2.75, 3.05) is 13.7 Å². The van der Waals surface area contributed by atoms with Crippen molar-refractivity contribution < 1.29 is 32.5 Å². The number of benzene rings is 2. The molecule has 0 aromatic heterocycles. The minimum atomic E-state index is -3.69. The lowest BCUT2D eigenvalue weighted by atomic mass is 9.85. The number of fused-ring (bicyclic) bond motifs is 3. The van der Waals surface area contributed by atoms with E-state index in [9.17, 15) is 13.6 Å². The van der Waals surface area contributed by atoms with E-state index in [1.165, 1.54) is 13.2 Å². The van der Waals surface area contributed by atoms with Crippen LogP contribution in [0.3, 0.4) is 0 Å². The maximum Gasteiger partial charge on any atom is 0.586 e. The lowest BCUT2D eigenvalue weighted by Crippen LogP contribution is -2.32. The number of hydrogen-bond donors (Lipinski definition) is 0. The first-order valence-corrected chi connectivity index (χ1v) is 11.5. The molecule has 2 aliphatic heterocycles. The van der Waals surface area contributed by atoms with Crippen LogP contribution in [0.4, 0.5) is 8.78 Å². The summed E-state index contributed by atoms with van der Waals surface area (Å²) in [4.78, 5) is 14.4. The van der Waals surface area contributed by atoms with E-state index < -0.39 is 11.7 Å². The molecule has 0 radical (unpaired) electrons. The van der Waals surface area contributed by atoms with Crippen molar-refractivity contribution in [3.63, 3.8) is 0 Å². The molecule has 2 aromatic carbocycles. The Bertz CT molecular complexity index is 1090. The van der Waals surface area contributed by atoms with Gasteiger partial charge in [-0.05, 0) is 56.4 Å². The van der Waals surface area contributed by atoms with Gasteiger partial charge in [0.25, 0.3) is 0 Å². The minimum Gasteiger partial charge on any atom is -0.485 e. The summed E-state index contributed by atoms with van der Waals surface area (Å²) in [6, 6.07) is 9.50. The summed E-state index contributed by atoms with van der Waals surface area (Å²) >= 11 is 0. The molecule has 0 amide bonds. The molecule has 2 aliphatic rings. The fourth-order valence-electron chi connectivity index (χ4n) is 4.52. The molecule has 0 saturated heterocycles. The lowest BCUT2D eigenvalue weighted by molar-refractivity contribution is -0.287. The van der Waals surface area contributed by atoms with Crippen LogP contribution in [-0.2, 0) is 29.0 Å². The number of carbonyl (C=O) groups excluding carboxylic acids is 1. The Kier molecular flexibility index (Phi) is 6.46. The van der Waals surface area contributed by atoms with Crippen LogP contribution in [0.15, 0.2) is 30.3 Å². The number of hydrogen-bond acceptors (Lipinski definition) is 6. The molecule has 0 saturated carbocycles. The monoisotopic (exact) mass is 475 g/mol. The van der Waals surface area contributed by atoms with E-state index in [-0.39, 0.29) is 23.6 Å². The molecule has 8 heteroatoms. The molecule has 0 unspecified atom stereocenters. The molecule has 0 N–H and O–H groups in total. The first kappa shape index (κ1) is 24.3. The molecule has 1 atom stereocenters. The number of alkyl halides is 2. The topological polar surface area (TPSA) is 57.2 Å². The number of methoxy groups -OCH3 is 1. The van der Waals surface area contributed by atoms with Gasteiger partial charge in [0.1, 0.15) is 6.10 Å². The number of halogens is 2. The predicted molar refractivity (Wildman–Crippen MR) is 122 cm³/mol. The zero-order chi connectivity index (χ0) is 24.7. The molecule has 0 fully saturated rings. The maximum atomic E-state index is 13.7. The van der Waals surface area contributed by atoms with Gasteiger partial charge in [-0.1, -0.05) is 31.2 Å². The number of aryl methyl sites for hydroxylation is 1. The predicted octanol–water partition coefficient (Wildman–Crippen LogP) is 5.23. The lowest BCUT2D eigenvalue weighted by Gasteiger charge is -2.25. The van der Waals surface area contributed by atoms with E-state index in [0.717, 1.165) is 22.3 Å². The highest BCUT2D eigenvalue weighted by Gasteiger charge is 2.46.